The van der Waals surface area contributed by atoms with Gasteiger partial charge in [-0.2, -0.15) is 9.57 Å². The van der Waals surface area contributed by atoms with E-state index in [4.69, 9.17) is 0 Å². The molecule has 0 aliphatic carbocycles. The quantitative estimate of drug-likeness (QED) is 0.178. The normalized spacial score (nSPS) is 11.2. The van der Waals surface area contributed by atoms with Gasteiger partial charge in [0.1, 0.15) is 11.3 Å². The summed E-state index contributed by atoms with van der Waals surface area (Å²) < 4.78 is 27.4. The monoisotopic (exact) mass is 645 g/mol. The predicted molar refractivity (Wildman–Crippen MR) is 179 cm³/mol. The van der Waals surface area contributed by atoms with E-state index in [0.29, 0.717) is 5.56 Å². The number of hydrogen-bond acceptors (Lipinski definition) is 6. The van der Waals surface area contributed by atoms with E-state index in [1.165, 1.54) is 42.3 Å². The van der Waals surface area contributed by atoms with Gasteiger partial charge in [-0.25, -0.2) is 13.2 Å². The van der Waals surface area contributed by atoms with Crippen molar-refractivity contribution < 1.29 is 28.2 Å². The lowest BCUT2D eigenvalue weighted by Crippen LogP contribution is -2.41. The third kappa shape index (κ3) is 7.39. The maximum absolute atomic E-state index is 13.7. The van der Waals surface area contributed by atoms with Crippen LogP contribution >= 0.6 is 0 Å². The minimum absolute atomic E-state index is 0.0254. The van der Waals surface area contributed by atoms with E-state index >= 15 is 0 Å². The van der Waals surface area contributed by atoms with Crippen molar-refractivity contribution in [1.29, 1.82) is 5.26 Å². The van der Waals surface area contributed by atoms with Crippen LogP contribution < -0.4 is 4.90 Å². The molecule has 236 valence electrons. The molecule has 1 amide bonds. The van der Waals surface area contributed by atoms with E-state index in [9.17, 15) is 33.5 Å². The highest BCUT2D eigenvalue weighted by Crippen LogP contribution is 2.29. The van der Waals surface area contributed by atoms with Gasteiger partial charge in [0.25, 0.3) is 0 Å². The van der Waals surface area contributed by atoms with E-state index in [1.807, 2.05) is 73.7 Å². The van der Waals surface area contributed by atoms with Gasteiger partial charge in [0.15, 0.2) is 0 Å². The molecule has 0 aliphatic heterocycles. The molecule has 0 saturated heterocycles. The molecule has 0 atom stereocenters. The topological polar surface area (TPSA) is 139 Å². The summed E-state index contributed by atoms with van der Waals surface area (Å²) in [7, 11) is -2.67. The lowest BCUT2D eigenvalue weighted by Gasteiger charge is -2.26. The minimum Gasteiger partial charge on any atom is -0.507 e. The highest BCUT2D eigenvalue weighted by Gasteiger charge is 2.27. The van der Waals surface area contributed by atoms with Crippen LogP contribution in [0.2, 0.25) is 0 Å². The molecule has 2 N–H and O–H groups in total. The third-order valence-corrected chi connectivity index (χ3v) is 9.57. The summed E-state index contributed by atoms with van der Waals surface area (Å²) in [5.74, 6) is -2.42. The number of benzene rings is 5. The first-order valence-electron chi connectivity index (χ1n) is 14.6. The zero-order chi connectivity index (χ0) is 33.7. The highest BCUT2D eigenvalue weighted by molar-refractivity contribution is 7.89. The molecule has 0 saturated carbocycles. The average molecular weight is 646 g/mol. The summed E-state index contributed by atoms with van der Waals surface area (Å²) >= 11 is 0. The summed E-state index contributed by atoms with van der Waals surface area (Å²) in [5, 5.41) is 29.0. The van der Waals surface area contributed by atoms with Gasteiger partial charge < -0.3 is 15.1 Å². The number of phenols is 1. The van der Waals surface area contributed by atoms with Crippen LogP contribution in [0.3, 0.4) is 0 Å². The van der Waals surface area contributed by atoms with Crippen molar-refractivity contribution in [3.05, 3.63) is 138 Å². The van der Waals surface area contributed by atoms with Crippen molar-refractivity contribution in [2.24, 2.45) is 0 Å². The Labute approximate surface area is 273 Å². The smallest absolute Gasteiger partial charge is 0.339 e. The number of carbonyl (C=O) groups excluding carboxylic acids is 1. The van der Waals surface area contributed by atoms with Gasteiger partial charge in [0.05, 0.1) is 29.6 Å². The molecule has 47 heavy (non-hydrogen) atoms. The van der Waals surface area contributed by atoms with Crippen LogP contribution in [0.1, 0.15) is 27.0 Å². The van der Waals surface area contributed by atoms with E-state index in [0.717, 1.165) is 37.7 Å². The van der Waals surface area contributed by atoms with Crippen molar-refractivity contribution in [3.63, 3.8) is 0 Å². The number of likely N-dealkylation sites (N-methyl/N-ethyl adjacent to an activating group) is 1. The maximum atomic E-state index is 13.7. The number of sulfonamides is 1. The Morgan fingerprint density at radius 3 is 1.96 bits per heavy atom. The highest BCUT2D eigenvalue weighted by atomic mass is 32.2. The van der Waals surface area contributed by atoms with Gasteiger partial charge in [0.2, 0.25) is 15.9 Å². The van der Waals surface area contributed by atoms with Gasteiger partial charge in [-0.3, -0.25) is 4.79 Å². The van der Waals surface area contributed by atoms with Gasteiger partial charge in [-0.1, -0.05) is 78.4 Å². The molecule has 0 radical (unpaired) electrons. The number of amides is 1. The molecule has 0 aliphatic rings. The van der Waals surface area contributed by atoms with Gasteiger partial charge in [0, 0.05) is 18.8 Å². The number of hydrogen-bond donors (Lipinski definition) is 2. The number of nitrogens with zero attached hydrogens (tertiary/aromatic N) is 3. The van der Waals surface area contributed by atoms with E-state index in [2.05, 4.69) is 6.07 Å². The van der Waals surface area contributed by atoms with E-state index in [1.54, 1.807) is 18.2 Å². The fourth-order valence-corrected chi connectivity index (χ4v) is 6.17. The maximum Gasteiger partial charge on any atom is 0.339 e. The Morgan fingerprint density at radius 2 is 1.38 bits per heavy atom. The zero-order valence-corrected chi connectivity index (χ0v) is 26.5. The number of carboxylic acids is 1. The summed E-state index contributed by atoms with van der Waals surface area (Å²) in [6.45, 7) is 1.37. The first-order chi connectivity index (χ1) is 22.5. The number of rotatable bonds is 10. The molecule has 5 aromatic carbocycles. The van der Waals surface area contributed by atoms with E-state index < -0.39 is 34.2 Å². The molecule has 9 nitrogen and oxygen atoms in total. The molecule has 0 aromatic heterocycles. The van der Waals surface area contributed by atoms with Crippen LogP contribution in [0, 0.1) is 18.3 Å². The van der Waals surface area contributed by atoms with Gasteiger partial charge >= 0.3 is 5.97 Å². The van der Waals surface area contributed by atoms with Crippen molar-refractivity contribution in [1.82, 2.24) is 4.31 Å². The number of aromatic carboxylic acids is 1. The van der Waals surface area contributed by atoms with Crippen LogP contribution in [0.15, 0.2) is 120 Å². The predicted octanol–water partition coefficient (Wildman–Crippen LogP) is 6.46. The Hall–Kier alpha value is -5.76. The molecule has 10 heteroatoms. The first-order valence-corrected chi connectivity index (χ1v) is 16.0. The number of carboxylic acid groups (broad SMARTS) is 1. The van der Waals surface area contributed by atoms with Crippen molar-refractivity contribution in [2.75, 3.05) is 18.5 Å². The van der Waals surface area contributed by atoms with Crippen molar-refractivity contribution in [2.45, 2.75) is 18.4 Å². The molecule has 5 rings (SSSR count). The van der Waals surface area contributed by atoms with Gasteiger partial charge in [-0.15, -0.1) is 0 Å². The van der Waals surface area contributed by atoms with Gasteiger partial charge in [-0.05, 0) is 71.1 Å². The standard InChI is InChI=1S/C37H31N3O6S/c1-25-6-17-33(18-7-25)47(45,46)39(2)24-36(42)40(32-16-19-34(37(43)44)35(41)21-32)23-26-8-10-28(11-9-26)29-12-14-30(15-13-29)31-5-3-4-27(20-31)22-38/h3-21,41H,23-24H2,1-2H3,(H,43,44). The summed E-state index contributed by atoms with van der Waals surface area (Å²) in [4.78, 5) is 26.5. The molecule has 0 heterocycles. The number of anilines is 1. The Morgan fingerprint density at radius 1 is 0.787 bits per heavy atom. The second-order valence-corrected chi connectivity index (χ2v) is 13.1. The average Bonchev–Trinajstić information content (AvgIpc) is 3.07. The fraction of sp³-hybridized carbons (Fsp3) is 0.108. The zero-order valence-electron chi connectivity index (χ0n) is 25.7. The number of carbonyl (C=O) groups is 2. The Bertz CT molecular complexity index is 2090. The molecule has 0 bridgehead atoms. The molecular formula is C37H31N3O6S. The number of aryl methyl sites for hydroxylation is 1. The Balaban J connectivity index is 1.39. The molecule has 5 aromatic rings. The number of nitriles is 1. The summed E-state index contributed by atoms with van der Waals surface area (Å²) in [6, 6.07) is 35.1. The second-order valence-electron chi connectivity index (χ2n) is 11.0. The third-order valence-electron chi connectivity index (χ3n) is 7.75. The first kappa shape index (κ1) is 32.6. The van der Waals surface area contributed by atoms with Crippen molar-refractivity contribution >= 4 is 27.6 Å². The molecule has 0 spiro atoms. The molecule has 0 fully saturated rings. The summed E-state index contributed by atoms with van der Waals surface area (Å²) in [6.07, 6.45) is 0. The molecular weight excluding hydrogens is 614 g/mol. The summed E-state index contributed by atoms with van der Waals surface area (Å²) in [5.41, 5.74) is 5.88. The SMILES string of the molecule is Cc1ccc(S(=O)(=O)N(C)CC(=O)N(Cc2ccc(-c3ccc(-c4cccc(C#N)c4)cc3)cc2)c2ccc(C(=O)O)c(O)c2)cc1. The van der Waals surface area contributed by atoms with Crippen LogP contribution in [0.25, 0.3) is 22.3 Å². The van der Waals surface area contributed by atoms with Crippen molar-refractivity contribution in [3.8, 4) is 34.1 Å². The van der Waals surface area contributed by atoms with Crippen LogP contribution in [0.4, 0.5) is 5.69 Å². The molecule has 0 unspecified atom stereocenters. The fourth-order valence-electron chi connectivity index (χ4n) is 5.05. The number of aromatic hydroxyl groups is 1. The Kier molecular flexibility index (Phi) is 9.51. The van der Waals surface area contributed by atoms with Crippen LogP contribution in [-0.2, 0) is 21.4 Å². The lowest BCUT2D eigenvalue weighted by molar-refractivity contribution is -0.118. The lowest BCUT2D eigenvalue weighted by atomic mass is 9.98. The largest absolute Gasteiger partial charge is 0.507 e. The van der Waals surface area contributed by atoms with Crippen LogP contribution in [0.5, 0.6) is 5.75 Å². The van der Waals surface area contributed by atoms with Crippen LogP contribution in [-0.4, -0.2) is 48.4 Å². The van der Waals surface area contributed by atoms with E-state index in [-0.39, 0.29) is 22.7 Å². The second kappa shape index (κ2) is 13.7. The minimum atomic E-state index is -3.98.